The van der Waals surface area contributed by atoms with E-state index in [-0.39, 0.29) is 0 Å². The fraction of sp³-hybridized carbons (Fsp3) is 0. The highest BCUT2D eigenvalue weighted by molar-refractivity contribution is 7.07. The molecule has 0 saturated carbocycles. The maximum absolute atomic E-state index is 6.03. The van der Waals surface area contributed by atoms with Gasteiger partial charge in [0.05, 0.1) is 0 Å². The summed E-state index contributed by atoms with van der Waals surface area (Å²) in [5.74, 6) is 0. The highest BCUT2D eigenvalue weighted by Crippen LogP contribution is 2.31. The number of benzene rings is 1. The lowest BCUT2D eigenvalue weighted by molar-refractivity contribution is 1.67. The van der Waals surface area contributed by atoms with E-state index in [2.05, 4.69) is 5.38 Å². The lowest BCUT2D eigenvalue weighted by Crippen LogP contribution is -1.75. The van der Waals surface area contributed by atoms with Gasteiger partial charge >= 0.3 is 0 Å². The fourth-order valence-corrected chi connectivity index (χ4v) is 2.20. The third-order valence-electron chi connectivity index (χ3n) is 1.71. The SMILES string of the molecule is Clc1ccc(-c2c[c]sc2)c(Cl)c1. The fourth-order valence-electron chi connectivity index (χ4n) is 1.09. The van der Waals surface area contributed by atoms with Crippen molar-refractivity contribution in [2.75, 3.05) is 0 Å². The summed E-state index contributed by atoms with van der Waals surface area (Å²) in [6, 6.07) is 7.41. The Labute approximate surface area is 90.7 Å². The van der Waals surface area contributed by atoms with E-state index >= 15 is 0 Å². The molecule has 0 N–H and O–H groups in total. The minimum Gasteiger partial charge on any atom is -0.142 e. The van der Waals surface area contributed by atoms with Gasteiger partial charge in [0.15, 0.2) is 0 Å². The van der Waals surface area contributed by atoms with E-state index in [4.69, 9.17) is 23.2 Å². The summed E-state index contributed by atoms with van der Waals surface area (Å²) in [6.45, 7) is 0. The Morgan fingerprint density at radius 1 is 1.23 bits per heavy atom. The van der Waals surface area contributed by atoms with Crippen LogP contribution in [0.25, 0.3) is 11.1 Å². The summed E-state index contributed by atoms with van der Waals surface area (Å²) >= 11 is 13.3. The molecule has 0 aliphatic carbocycles. The molecule has 1 radical (unpaired) electrons. The zero-order valence-corrected chi connectivity index (χ0v) is 8.88. The van der Waals surface area contributed by atoms with Gasteiger partial charge in [-0.25, -0.2) is 0 Å². The molecular weight excluding hydrogens is 223 g/mol. The van der Waals surface area contributed by atoms with Crippen molar-refractivity contribution >= 4 is 34.5 Å². The molecule has 2 aromatic rings. The molecule has 2 rings (SSSR count). The van der Waals surface area contributed by atoms with Crippen LogP contribution in [0.3, 0.4) is 0 Å². The molecule has 1 aromatic heterocycles. The summed E-state index contributed by atoms with van der Waals surface area (Å²) < 4.78 is 0. The van der Waals surface area contributed by atoms with Crippen molar-refractivity contribution in [1.29, 1.82) is 0 Å². The number of thiophene rings is 1. The Morgan fingerprint density at radius 3 is 2.69 bits per heavy atom. The first-order valence-corrected chi connectivity index (χ1v) is 5.31. The highest BCUT2D eigenvalue weighted by Gasteiger charge is 2.03. The van der Waals surface area contributed by atoms with E-state index in [9.17, 15) is 0 Å². The molecule has 0 fully saturated rings. The third kappa shape index (κ3) is 1.88. The Hall–Kier alpha value is -0.500. The van der Waals surface area contributed by atoms with Gasteiger partial charge in [0.25, 0.3) is 0 Å². The van der Waals surface area contributed by atoms with E-state index in [0.29, 0.717) is 10.0 Å². The van der Waals surface area contributed by atoms with E-state index in [1.165, 1.54) is 11.3 Å². The van der Waals surface area contributed by atoms with Crippen LogP contribution in [0.4, 0.5) is 0 Å². The Morgan fingerprint density at radius 2 is 2.08 bits per heavy atom. The molecule has 1 aromatic carbocycles. The standard InChI is InChI=1S/C10H5Cl2S/c11-8-1-2-9(10(12)5-8)7-3-4-13-6-7/h1-3,5-6H. The van der Waals surface area contributed by atoms with Crippen molar-refractivity contribution in [3.8, 4) is 11.1 Å². The maximum atomic E-state index is 6.03. The number of rotatable bonds is 1. The minimum atomic E-state index is 0.660. The molecule has 1 heterocycles. The highest BCUT2D eigenvalue weighted by atomic mass is 35.5. The van der Waals surface area contributed by atoms with Crippen LogP contribution in [0.15, 0.2) is 29.6 Å². The summed E-state index contributed by atoms with van der Waals surface area (Å²) in [6.07, 6.45) is 0. The van der Waals surface area contributed by atoms with Crippen molar-refractivity contribution < 1.29 is 0 Å². The summed E-state index contributed by atoms with van der Waals surface area (Å²) in [7, 11) is 0. The van der Waals surface area contributed by atoms with Crippen LogP contribution in [-0.2, 0) is 0 Å². The molecule has 0 aliphatic heterocycles. The lowest BCUT2D eigenvalue weighted by Gasteiger charge is -2.01. The largest absolute Gasteiger partial charge is 0.142 e. The van der Waals surface area contributed by atoms with Crippen molar-refractivity contribution in [3.05, 3.63) is 45.1 Å². The number of hydrogen-bond acceptors (Lipinski definition) is 1. The van der Waals surface area contributed by atoms with Crippen LogP contribution in [0, 0.1) is 5.38 Å². The number of halogens is 2. The smallest absolute Gasteiger partial charge is 0.0499 e. The van der Waals surface area contributed by atoms with Gasteiger partial charge in [0.1, 0.15) is 0 Å². The average Bonchev–Trinajstić information content (AvgIpc) is 2.56. The molecule has 0 unspecified atom stereocenters. The van der Waals surface area contributed by atoms with Crippen molar-refractivity contribution in [3.63, 3.8) is 0 Å². The third-order valence-corrected chi connectivity index (χ3v) is 2.88. The van der Waals surface area contributed by atoms with E-state index in [1.807, 2.05) is 23.6 Å². The second kappa shape index (κ2) is 3.70. The summed E-state index contributed by atoms with van der Waals surface area (Å²) in [5, 5.41) is 6.37. The zero-order chi connectivity index (χ0) is 9.26. The minimum absolute atomic E-state index is 0.660. The molecule has 0 spiro atoms. The Kier molecular flexibility index (Phi) is 2.58. The van der Waals surface area contributed by atoms with Gasteiger partial charge in [0, 0.05) is 21.0 Å². The molecular formula is C10H5Cl2S. The molecule has 0 saturated heterocycles. The average molecular weight is 228 g/mol. The maximum Gasteiger partial charge on any atom is 0.0499 e. The Bertz CT molecular complexity index is 407. The zero-order valence-electron chi connectivity index (χ0n) is 6.55. The predicted octanol–water partition coefficient (Wildman–Crippen LogP) is 4.52. The molecule has 0 amide bonds. The van der Waals surface area contributed by atoms with Gasteiger partial charge in [-0.1, -0.05) is 29.3 Å². The molecule has 0 atom stereocenters. The molecule has 0 aliphatic rings. The monoisotopic (exact) mass is 227 g/mol. The predicted molar refractivity (Wildman–Crippen MR) is 58.6 cm³/mol. The van der Waals surface area contributed by atoms with Crippen LogP contribution in [0.5, 0.6) is 0 Å². The Balaban J connectivity index is 2.53. The lowest BCUT2D eigenvalue weighted by atomic mass is 10.1. The van der Waals surface area contributed by atoms with Crippen molar-refractivity contribution in [2.45, 2.75) is 0 Å². The molecule has 3 heteroatoms. The summed E-state index contributed by atoms with van der Waals surface area (Å²) in [5.41, 5.74) is 2.09. The van der Waals surface area contributed by atoms with Gasteiger partial charge in [-0.15, -0.1) is 11.3 Å². The molecule has 0 bridgehead atoms. The first-order chi connectivity index (χ1) is 6.27. The van der Waals surface area contributed by atoms with Gasteiger partial charge < -0.3 is 0 Å². The van der Waals surface area contributed by atoms with Crippen LogP contribution in [0.2, 0.25) is 10.0 Å². The van der Waals surface area contributed by atoms with E-state index in [1.54, 1.807) is 6.07 Å². The molecule has 13 heavy (non-hydrogen) atoms. The molecule has 65 valence electrons. The topological polar surface area (TPSA) is 0 Å². The van der Waals surface area contributed by atoms with Crippen LogP contribution in [0.1, 0.15) is 0 Å². The first kappa shape index (κ1) is 9.07. The second-order valence-electron chi connectivity index (χ2n) is 2.58. The van der Waals surface area contributed by atoms with Crippen LogP contribution >= 0.6 is 34.5 Å². The second-order valence-corrected chi connectivity index (χ2v) is 4.13. The van der Waals surface area contributed by atoms with E-state index < -0.39 is 0 Å². The molecule has 0 nitrogen and oxygen atoms in total. The summed E-state index contributed by atoms with van der Waals surface area (Å²) in [4.78, 5) is 0. The van der Waals surface area contributed by atoms with Gasteiger partial charge in [-0.3, -0.25) is 0 Å². The van der Waals surface area contributed by atoms with E-state index in [0.717, 1.165) is 11.1 Å². The normalized spacial score (nSPS) is 10.3. The number of hydrogen-bond donors (Lipinski definition) is 0. The van der Waals surface area contributed by atoms with Gasteiger partial charge in [-0.2, -0.15) is 0 Å². The first-order valence-electron chi connectivity index (χ1n) is 3.67. The van der Waals surface area contributed by atoms with Crippen molar-refractivity contribution in [2.24, 2.45) is 0 Å². The quantitative estimate of drug-likeness (QED) is 0.673. The van der Waals surface area contributed by atoms with Gasteiger partial charge in [0.2, 0.25) is 0 Å². The van der Waals surface area contributed by atoms with Crippen molar-refractivity contribution in [1.82, 2.24) is 0 Å². The van der Waals surface area contributed by atoms with Gasteiger partial charge in [-0.05, 0) is 29.1 Å². The van der Waals surface area contributed by atoms with Crippen LogP contribution in [-0.4, -0.2) is 0 Å². The van der Waals surface area contributed by atoms with Crippen LogP contribution < -0.4 is 0 Å².